The molecule has 0 aliphatic heterocycles. The highest BCUT2D eigenvalue weighted by Gasteiger charge is 2.30. The van der Waals surface area contributed by atoms with Gasteiger partial charge >= 0.3 is 18.1 Å². The lowest BCUT2D eigenvalue weighted by Crippen LogP contribution is -2.30. The predicted molar refractivity (Wildman–Crippen MR) is 170 cm³/mol. The van der Waals surface area contributed by atoms with Crippen LogP contribution < -0.4 is 0 Å². The zero-order chi connectivity index (χ0) is 34.1. The topological polar surface area (TPSA) is 124 Å². The van der Waals surface area contributed by atoms with Crippen LogP contribution >= 0.6 is 34.8 Å². The minimum Gasteiger partial charge on any atom is -0.481 e. The maximum atomic E-state index is 12.2. The van der Waals surface area contributed by atoms with Gasteiger partial charge in [0, 0.05) is 22.0 Å². The van der Waals surface area contributed by atoms with Gasteiger partial charge in [-0.3, -0.25) is 14.4 Å². The first-order chi connectivity index (χ1) is 20.3. The molecule has 0 atom stereocenters. The van der Waals surface area contributed by atoms with E-state index in [4.69, 9.17) is 63.8 Å². The van der Waals surface area contributed by atoms with Gasteiger partial charge in [0.05, 0.1) is 0 Å². The first-order valence-corrected chi connectivity index (χ1v) is 14.0. The number of carboxylic acids is 1. The Morgan fingerprint density at radius 2 is 0.932 bits per heavy atom. The van der Waals surface area contributed by atoms with E-state index in [2.05, 4.69) is 6.58 Å². The number of esters is 2. The molecule has 236 valence electrons. The van der Waals surface area contributed by atoms with Crippen molar-refractivity contribution in [1.82, 2.24) is 0 Å². The van der Waals surface area contributed by atoms with Crippen molar-refractivity contribution >= 4 is 64.4 Å². The van der Waals surface area contributed by atoms with Gasteiger partial charge in [-0.2, -0.15) is 9.59 Å². The van der Waals surface area contributed by atoms with E-state index in [0.717, 1.165) is 34.2 Å². The van der Waals surface area contributed by atoms with Gasteiger partial charge in [-0.25, -0.2) is 0 Å². The zero-order valence-corrected chi connectivity index (χ0v) is 27.5. The molecule has 3 aromatic rings. The Balaban J connectivity index is 0.000000888. The fourth-order valence-corrected chi connectivity index (χ4v) is 3.69. The molecule has 1 N–H and O–H groups in total. The third kappa shape index (κ3) is 16.6. The van der Waals surface area contributed by atoms with Crippen molar-refractivity contribution in [2.75, 3.05) is 0 Å². The Morgan fingerprint density at radius 3 is 1.18 bits per heavy atom. The second kappa shape index (κ2) is 19.4. The molecule has 0 saturated carbocycles. The maximum Gasteiger partial charge on any atom is 0.373 e. The van der Waals surface area contributed by atoms with Gasteiger partial charge in [0.15, 0.2) is 0 Å². The van der Waals surface area contributed by atoms with Crippen LogP contribution in [0.5, 0.6) is 0 Å². The second-order valence-corrected chi connectivity index (χ2v) is 11.4. The highest BCUT2D eigenvalue weighted by atomic mass is 35.5. The average Bonchev–Trinajstić information content (AvgIpc) is 2.89. The molecule has 0 unspecified atom stereocenters. The van der Waals surface area contributed by atoms with Crippen LogP contribution in [0.2, 0.25) is 15.1 Å². The van der Waals surface area contributed by atoms with Crippen molar-refractivity contribution in [1.29, 1.82) is 0 Å². The Hall–Kier alpha value is -3.94. The summed E-state index contributed by atoms with van der Waals surface area (Å²) in [6, 6.07) is 21.6. The van der Waals surface area contributed by atoms with Crippen molar-refractivity contribution in [2.45, 2.75) is 59.2 Å². The van der Waals surface area contributed by atoms with E-state index in [1.54, 1.807) is 76.2 Å². The molecule has 0 aliphatic carbocycles. The summed E-state index contributed by atoms with van der Waals surface area (Å²) in [7, 11) is 0. The summed E-state index contributed by atoms with van der Waals surface area (Å²) in [5.41, 5.74) is 1.97. The molecule has 0 heterocycles. The number of benzene rings is 3. The second-order valence-electron chi connectivity index (χ2n) is 10.0. The van der Waals surface area contributed by atoms with Crippen LogP contribution in [-0.4, -0.2) is 29.2 Å². The summed E-state index contributed by atoms with van der Waals surface area (Å²) in [6.45, 7) is 13.9. The summed E-state index contributed by atoms with van der Waals surface area (Å²) < 4.78 is 10.9. The van der Waals surface area contributed by atoms with Crippen LogP contribution in [0, 0.1) is 0 Å². The number of halogens is 3. The summed E-state index contributed by atoms with van der Waals surface area (Å²) in [5.74, 6) is -2.15. The van der Waals surface area contributed by atoms with E-state index in [1.807, 2.05) is 31.2 Å². The quantitative estimate of drug-likeness (QED) is 0.197. The van der Waals surface area contributed by atoms with Gasteiger partial charge in [-0.1, -0.05) is 83.4 Å². The lowest BCUT2D eigenvalue weighted by Gasteiger charge is -2.27. The number of hydrogen-bond acceptors (Lipinski definition) is 7. The molecule has 0 aliphatic rings. The molecule has 0 amide bonds. The van der Waals surface area contributed by atoms with Crippen molar-refractivity contribution in [3.63, 3.8) is 0 Å². The van der Waals surface area contributed by atoms with Gasteiger partial charge < -0.3 is 14.6 Å². The highest BCUT2D eigenvalue weighted by molar-refractivity contribution is 6.31. The number of carbonyl (C=O) groups excluding carboxylic acids is 4. The minimum absolute atomic E-state index is 0.250. The highest BCUT2D eigenvalue weighted by Crippen LogP contribution is 2.28. The summed E-state index contributed by atoms with van der Waals surface area (Å²) in [5, 5.41) is 9.37. The molecular formula is C33H35Cl3O8. The van der Waals surface area contributed by atoms with Crippen molar-refractivity contribution in [3.05, 3.63) is 111 Å². The van der Waals surface area contributed by atoms with Crippen molar-refractivity contribution < 1.29 is 38.6 Å². The lowest BCUT2D eigenvalue weighted by atomic mass is 9.98. The first kappa shape index (κ1) is 40.1. The molecule has 0 spiro atoms. The monoisotopic (exact) mass is 664 g/mol. The van der Waals surface area contributed by atoms with Crippen LogP contribution in [0.4, 0.5) is 0 Å². The van der Waals surface area contributed by atoms with E-state index in [9.17, 15) is 9.59 Å². The first-order valence-electron chi connectivity index (χ1n) is 12.9. The van der Waals surface area contributed by atoms with E-state index in [-0.39, 0.29) is 6.15 Å². The largest absolute Gasteiger partial charge is 0.481 e. The summed E-state index contributed by atoms with van der Waals surface area (Å²) in [4.78, 5) is 49.7. The molecule has 0 fully saturated rings. The molecule has 0 bridgehead atoms. The number of ether oxygens (including phenoxy) is 2. The zero-order valence-electron chi connectivity index (χ0n) is 25.3. The molecule has 44 heavy (non-hydrogen) atoms. The normalized spacial score (nSPS) is 10.1. The van der Waals surface area contributed by atoms with Crippen LogP contribution in [0.3, 0.4) is 0 Å². The third-order valence-corrected chi connectivity index (χ3v) is 6.20. The number of allylic oxidation sites excluding steroid dienone is 1. The average molecular weight is 666 g/mol. The lowest BCUT2D eigenvalue weighted by molar-refractivity contribution is -0.192. The number of hydrogen-bond donors (Lipinski definition) is 1. The predicted octanol–water partition coefficient (Wildman–Crippen LogP) is 8.52. The fraction of sp³-hybridized carbons (Fsp3) is 0.273. The standard InChI is InChI=1S/C21H22Cl2O4.C9H9Cl.C2H4O2.CO2/c1-20(2,14-5-9-16(22)10-6-14)26-18(24)13-19(25)27-21(3,4)15-7-11-17(23)12-8-15;1-7(2)8-3-5-9(10)6-4-8;1-2(3)4;2-1-3/h5-12H,13H2,1-4H3;3-6H,1H2,2H3;1H3,(H,3,4);. The Bertz CT molecular complexity index is 1330. The smallest absolute Gasteiger partial charge is 0.373 e. The van der Waals surface area contributed by atoms with E-state index >= 15 is 0 Å². The maximum absolute atomic E-state index is 12.2. The van der Waals surface area contributed by atoms with Gasteiger partial charge in [0.25, 0.3) is 5.97 Å². The van der Waals surface area contributed by atoms with Crippen LogP contribution in [0.25, 0.3) is 5.57 Å². The third-order valence-electron chi connectivity index (χ3n) is 5.44. The summed E-state index contributed by atoms with van der Waals surface area (Å²) in [6.07, 6.45) is -0.228. The van der Waals surface area contributed by atoms with Gasteiger partial charge in [0.1, 0.15) is 17.6 Å². The molecule has 3 aromatic carbocycles. The van der Waals surface area contributed by atoms with E-state index in [1.165, 1.54) is 0 Å². The fourth-order valence-electron chi connectivity index (χ4n) is 3.31. The van der Waals surface area contributed by atoms with Crippen molar-refractivity contribution in [2.24, 2.45) is 0 Å². The molecule has 0 radical (unpaired) electrons. The molecular weight excluding hydrogens is 631 g/mol. The van der Waals surface area contributed by atoms with Crippen LogP contribution in [-0.2, 0) is 44.6 Å². The van der Waals surface area contributed by atoms with E-state index in [0.29, 0.717) is 10.0 Å². The number of carbonyl (C=O) groups is 3. The van der Waals surface area contributed by atoms with Gasteiger partial charge in [-0.05, 0) is 87.7 Å². The molecule has 8 nitrogen and oxygen atoms in total. The molecule has 0 aromatic heterocycles. The minimum atomic E-state index is -0.895. The Morgan fingerprint density at radius 1 is 0.682 bits per heavy atom. The van der Waals surface area contributed by atoms with Crippen LogP contribution in [0.15, 0.2) is 79.4 Å². The number of carboxylic acid groups (broad SMARTS) is 1. The molecule has 0 saturated heterocycles. The molecule has 11 heteroatoms. The Kier molecular flexibility index (Phi) is 17.6. The van der Waals surface area contributed by atoms with Crippen molar-refractivity contribution in [3.8, 4) is 0 Å². The van der Waals surface area contributed by atoms with Crippen LogP contribution in [0.1, 0.15) is 64.7 Å². The SMILES string of the molecule is C=C(C)c1ccc(Cl)cc1.CC(=O)O.CC(C)(OC(=O)CC(=O)OC(C)(C)c1ccc(Cl)cc1)c1ccc(Cl)cc1.O=C=O. The van der Waals surface area contributed by atoms with Gasteiger partial charge in [-0.15, -0.1) is 0 Å². The number of aliphatic carboxylic acids is 1. The number of rotatable bonds is 7. The Labute approximate surface area is 272 Å². The van der Waals surface area contributed by atoms with E-state index < -0.39 is 35.5 Å². The summed E-state index contributed by atoms with van der Waals surface area (Å²) >= 11 is 17.4. The van der Waals surface area contributed by atoms with Gasteiger partial charge in [0.2, 0.25) is 0 Å². The molecule has 3 rings (SSSR count).